The van der Waals surface area contributed by atoms with E-state index in [-0.39, 0.29) is 21.4 Å². The van der Waals surface area contributed by atoms with E-state index < -0.39 is 10.0 Å². The lowest BCUT2D eigenvalue weighted by atomic mass is 10.2. The number of benzene rings is 1. The molecule has 0 atom stereocenters. The number of rotatable bonds is 3. The van der Waals surface area contributed by atoms with Crippen LogP contribution in [-0.4, -0.2) is 13.4 Å². The molecule has 1 aromatic heterocycles. The molecule has 2 aromatic rings. The predicted molar refractivity (Wildman–Crippen MR) is 88.4 cm³/mol. The van der Waals surface area contributed by atoms with Gasteiger partial charge in [-0.25, -0.2) is 13.4 Å². The highest BCUT2D eigenvalue weighted by Crippen LogP contribution is 2.29. The molecule has 0 unspecified atom stereocenters. The SMILES string of the molecule is Cc1cc(S(=O)(=O)Nc2cnc(Cl)c(Br)c2)cc(N)c1Cl. The second kappa shape index (κ2) is 6.00. The van der Waals surface area contributed by atoms with Crippen LogP contribution in [0.25, 0.3) is 0 Å². The van der Waals surface area contributed by atoms with Gasteiger partial charge in [-0.2, -0.15) is 0 Å². The normalized spacial score (nSPS) is 11.4. The fraction of sp³-hybridized carbons (Fsp3) is 0.0833. The van der Waals surface area contributed by atoms with Gasteiger partial charge in [0.2, 0.25) is 0 Å². The Morgan fingerprint density at radius 3 is 2.52 bits per heavy atom. The van der Waals surface area contributed by atoms with Gasteiger partial charge in [0, 0.05) is 0 Å². The number of nitrogen functional groups attached to an aromatic ring is 1. The molecule has 0 saturated carbocycles. The molecule has 0 aliphatic carbocycles. The number of nitrogens with one attached hydrogen (secondary N) is 1. The minimum atomic E-state index is -3.80. The Morgan fingerprint density at radius 2 is 1.95 bits per heavy atom. The Hall–Kier alpha value is -1.02. The van der Waals surface area contributed by atoms with Crippen LogP contribution in [0.1, 0.15) is 5.56 Å². The highest BCUT2D eigenvalue weighted by molar-refractivity contribution is 9.10. The molecular weight excluding hydrogens is 401 g/mol. The molecule has 112 valence electrons. The second-order valence-corrected chi connectivity index (χ2v) is 7.52. The van der Waals surface area contributed by atoms with Gasteiger partial charge in [0.15, 0.2) is 0 Å². The number of halogens is 3. The van der Waals surface area contributed by atoms with Crippen molar-refractivity contribution >= 4 is 60.5 Å². The average Bonchev–Trinajstić information content (AvgIpc) is 2.39. The van der Waals surface area contributed by atoms with E-state index in [9.17, 15) is 8.42 Å². The predicted octanol–water partition coefficient (Wildman–Crippen LogP) is 3.84. The van der Waals surface area contributed by atoms with Crippen LogP contribution < -0.4 is 10.5 Å². The fourth-order valence-electron chi connectivity index (χ4n) is 1.61. The molecule has 0 amide bonds. The first-order valence-electron chi connectivity index (χ1n) is 5.60. The van der Waals surface area contributed by atoms with E-state index in [1.807, 2.05) is 0 Å². The first kappa shape index (κ1) is 16.4. The van der Waals surface area contributed by atoms with Gasteiger partial charge >= 0.3 is 0 Å². The van der Waals surface area contributed by atoms with Gasteiger partial charge in [-0.05, 0) is 46.6 Å². The van der Waals surface area contributed by atoms with Crippen molar-refractivity contribution in [2.24, 2.45) is 0 Å². The summed E-state index contributed by atoms with van der Waals surface area (Å²) in [6.07, 6.45) is 1.32. The van der Waals surface area contributed by atoms with E-state index in [4.69, 9.17) is 28.9 Å². The molecule has 5 nitrogen and oxygen atoms in total. The van der Waals surface area contributed by atoms with Gasteiger partial charge in [0.1, 0.15) is 5.15 Å². The molecule has 0 saturated heterocycles. The minimum Gasteiger partial charge on any atom is -0.397 e. The fourth-order valence-corrected chi connectivity index (χ4v) is 3.32. The minimum absolute atomic E-state index is 0.0213. The van der Waals surface area contributed by atoms with Crippen molar-refractivity contribution in [1.29, 1.82) is 0 Å². The number of pyridine rings is 1. The van der Waals surface area contributed by atoms with Crippen LogP contribution in [0.4, 0.5) is 11.4 Å². The molecule has 0 spiro atoms. The third kappa shape index (κ3) is 3.60. The molecule has 3 N–H and O–H groups in total. The van der Waals surface area contributed by atoms with Crippen LogP contribution in [0.3, 0.4) is 0 Å². The lowest BCUT2D eigenvalue weighted by Crippen LogP contribution is -2.14. The summed E-state index contributed by atoms with van der Waals surface area (Å²) in [6.45, 7) is 1.68. The lowest BCUT2D eigenvalue weighted by molar-refractivity contribution is 0.601. The topological polar surface area (TPSA) is 85.1 Å². The Balaban J connectivity index is 2.40. The Labute approximate surface area is 140 Å². The maximum absolute atomic E-state index is 12.3. The highest BCUT2D eigenvalue weighted by Gasteiger charge is 2.17. The van der Waals surface area contributed by atoms with Crippen LogP contribution >= 0.6 is 39.1 Å². The van der Waals surface area contributed by atoms with Crippen LogP contribution in [0.5, 0.6) is 0 Å². The van der Waals surface area contributed by atoms with Crippen molar-refractivity contribution in [3.63, 3.8) is 0 Å². The molecule has 0 radical (unpaired) electrons. The van der Waals surface area contributed by atoms with Crippen molar-refractivity contribution in [1.82, 2.24) is 4.98 Å². The molecule has 9 heteroatoms. The number of aryl methyl sites for hydroxylation is 1. The first-order valence-corrected chi connectivity index (χ1v) is 8.63. The highest BCUT2D eigenvalue weighted by atomic mass is 79.9. The van der Waals surface area contributed by atoms with Gasteiger partial charge < -0.3 is 5.73 Å². The van der Waals surface area contributed by atoms with Crippen LogP contribution in [0.15, 0.2) is 33.8 Å². The summed E-state index contributed by atoms with van der Waals surface area (Å²) < 4.78 is 27.5. The molecule has 0 fully saturated rings. The quantitative estimate of drug-likeness (QED) is 0.594. The Bertz CT molecular complexity index is 789. The maximum Gasteiger partial charge on any atom is 0.262 e. The molecule has 1 aromatic carbocycles. The van der Waals surface area contributed by atoms with Crippen molar-refractivity contribution in [3.8, 4) is 0 Å². The molecule has 2 rings (SSSR count). The number of hydrogen-bond acceptors (Lipinski definition) is 4. The second-order valence-electron chi connectivity index (χ2n) is 4.25. The summed E-state index contributed by atoms with van der Waals surface area (Å²) in [5, 5.41) is 0.578. The summed E-state index contributed by atoms with van der Waals surface area (Å²) in [5.74, 6) is 0. The average molecular weight is 411 g/mol. The number of sulfonamides is 1. The molecule has 0 aliphatic heterocycles. The Kier molecular flexibility index (Phi) is 4.67. The summed E-state index contributed by atoms with van der Waals surface area (Å²) in [4.78, 5) is 3.87. The third-order valence-electron chi connectivity index (χ3n) is 2.61. The van der Waals surface area contributed by atoms with Crippen molar-refractivity contribution in [3.05, 3.63) is 44.6 Å². The third-order valence-corrected chi connectivity index (χ3v) is 5.63. The van der Waals surface area contributed by atoms with Crippen molar-refractivity contribution in [2.75, 3.05) is 10.5 Å². The summed E-state index contributed by atoms with van der Waals surface area (Å²) in [6, 6.07) is 4.26. The van der Waals surface area contributed by atoms with Gasteiger partial charge in [0.25, 0.3) is 10.0 Å². The van der Waals surface area contributed by atoms with E-state index in [1.54, 1.807) is 6.92 Å². The molecule has 1 heterocycles. The number of aromatic nitrogens is 1. The largest absolute Gasteiger partial charge is 0.397 e. The van der Waals surface area contributed by atoms with E-state index in [0.717, 1.165) is 0 Å². The smallest absolute Gasteiger partial charge is 0.262 e. The standard InChI is InChI=1S/C12H10BrCl2N3O2S/c1-6-2-8(4-10(16)11(6)14)21(19,20)18-7-3-9(13)12(15)17-5-7/h2-5,18H,16H2,1H3. The van der Waals surface area contributed by atoms with Crippen LogP contribution in [0.2, 0.25) is 10.2 Å². The zero-order valence-corrected chi connectivity index (χ0v) is 14.6. The molecular formula is C12H10BrCl2N3O2S. The molecule has 21 heavy (non-hydrogen) atoms. The number of anilines is 2. The summed E-state index contributed by atoms with van der Waals surface area (Å²) >= 11 is 14.9. The van der Waals surface area contributed by atoms with Crippen molar-refractivity contribution < 1.29 is 8.42 Å². The summed E-state index contributed by atoms with van der Waals surface area (Å²) in [5.41, 5.74) is 6.75. The number of nitrogens with zero attached hydrogens (tertiary/aromatic N) is 1. The maximum atomic E-state index is 12.3. The van der Waals surface area contributed by atoms with Crippen LogP contribution in [-0.2, 0) is 10.0 Å². The summed E-state index contributed by atoms with van der Waals surface area (Å²) in [7, 11) is -3.80. The zero-order valence-electron chi connectivity index (χ0n) is 10.7. The zero-order chi connectivity index (χ0) is 15.8. The van der Waals surface area contributed by atoms with Gasteiger partial charge in [0.05, 0.1) is 32.0 Å². The van der Waals surface area contributed by atoms with E-state index >= 15 is 0 Å². The van der Waals surface area contributed by atoms with Crippen LogP contribution in [0, 0.1) is 6.92 Å². The van der Waals surface area contributed by atoms with E-state index in [1.165, 1.54) is 24.4 Å². The first-order chi connectivity index (χ1) is 9.70. The number of nitrogens with two attached hydrogens (primary N) is 1. The Morgan fingerprint density at radius 1 is 1.29 bits per heavy atom. The van der Waals surface area contributed by atoms with Gasteiger partial charge in [-0.15, -0.1) is 0 Å². The molecule has 0 aliphatic rings. The van der Waals surface area contributed by atoms with Gasteiger partial charge in [-0.3, -0.25) is 4.72 Å². The lowest BCUT2D eigenvalue weighted by Gasteiger charge is -2.11. The monoisotopic (exact) mass is 409 g/mol. The number of hydrogen-bond donors (Lipinski definition) is 2. The van der Waals surface area contributed by atoms with E-state index in [0.29, 0.717) is 15.1 Å². The van der Waals surface area contributed by atoms with Crippen molar-refractivity contribution in [2.45, 2.75) is 11.8 Å². The van der Waals surface area contributed by atoms with Gasteiger partial charge in [-0.1, -0.05) is 23.2 Å². The van der Waals surface area contributed by atoms with E-state index in [2.05, 4.69) is 25.6 Å². The molecule has 0 bridgehead atoms.